The number of nitrogens with one attached hydrogen (secondary N) is 1. The molecule has 1 rings (SSSR count). The number of H-pyrrole nitrogens is 1. The van der Waals surface area contributed by atoms with Crippen molar-refractivity contribution in [2.24, 2.45) is 0 Å². The minimum absolute atomic E-state index is 0.635. The van der Waals surface area contributed by atoms with Gasteiger partial charge in [0.1, 0.15) is 11.9 Å². The number of rotatable bonds is 37. The summed E-state index contributed by atoms with van der Waals surface area (Å²) in [7, 11) is 0. The topological polar surface area (TPSA) is 19.7 Å². The number of aromatic nitrogens is 2. The van der Waals surface area contributed by atoms with E-state index in [0.29, 0.717) is 6.04 Å². The van der Waals surface area contributed by atoms with Crippen molar-refractivity contribution in [3.63, 3.8) is 0 Å². The van der Waals surface area contributed by atoms with Crippen LogP contribution in [0.3, 0.4) is 0 Å². The Labute approximate surface area is 291 Å². The molecule has 0 radical (unpaired) electrons. The number of aryl methyl sites for hydroxylation is 2. The van der Waals surface area contributed by atoms with Gasteiger partial charge in [-0.3, -0.25) is 0 Å². The van der Waals surface area contributed by atoms with Gasteiger partial charge < -0.3 is 0 Å². The quantitative estimate of drug-likeness (QED) is 0.0550. The van der Waals surface area contributed by atoms with Gasteiger partial charge in [-0.25, -0.2) is 9.55 Å². The molecule has 0 bridgehead atoms. The SMILES string of the molecule is CCCCCCCCCCCCCCCCCCc1[nH]cc(CCCCCCC)[n+]1C(C)CCCCCCCCCCCCCC. The second-order valence-electron chi connectivity index (χ2n) is 15.3. The molecule has 0 aliphatic rings. The van der Waals surface area contributed by atoms with Crippen LogP contribution in [-0.2, 0) is 12.8 Å². The molecule has 1 atom stereocenters. The third-order valence-electron chi connectivity index (χ3n) is 10.7. The van der Waals surface area contributed by atoms with E-state index in [2.05, 4.69) is 43.4 Å². The van der Waals surface area contributed by atoms with Crippen molar-refractivity contribution >= 4 is 0 Å². The Hall–Kier alpha value is -0.790. The predicted octanol–water partition coefficient (Wildman–Crippen LogP) is 15.3. The monoisotopic (exact) mass is 644 g/mol. The molecule has 0 saturated carbocycles. The zero-order chi connectivity index (χ0) is 33.2. The number of hydrogen-bond donors (Lipinski definition) is 1. The Bertz CT molecular complexity index is 721. The fraction of sp³-hybridized carbons (Fsp3) is 0.932. The van der Waals surface area contributed by atoms with Crippen molar-refractivity contribution in [1.29, 1.82) is 0 Å². The molecule has 0 fully saturated rings. The first-order valence-electron chi connectivity index (χ1n) is 21.8. The van der Waals surface area contributed by atoms with Crippen LogP contribution in [0.5, 0.6) is 0 Å². The maximum absolute atomic E-state index is 3.77. The summed E-state index contributed by atoms with van der Waals surface area (Å²) in [5, 5.41) is 0. The van der Waals surface area contributed by atoms with Crippen LogP contribution < -0.4 is 4.57 Å². The van der Waals surface area contributed by atoms with Crippen LogP contribution in [0.15, 0.2) is 6.20 Å². The largest absolute Gasteiger partial charge is 0.254 e. The van der Waals surface area contributed by atoms with E-state index in [9.17, 15) is 0 Å². The molecule has 0 aliphatic heterocycles. The molecular weight excluding hydrogens is 556 g/mol. The van der Waals surface area contributed by atoms with Gasteiger partial charge in [0.05, 0.1) is 6.04 Å². The van der Waals surface area contributed by atoms with E-state index < -0.39 is 0 Å². The lowest BCUT2D eigenvalue weighted by Crippen LogP contribution is -2.44. The van der Waals surface area contributed by atoms with E-state index in [1.54, 1.807) is 5.69 Å². The fourth-order valence-corrected chi connectivity index (χ4v) is 7.57. The van der Waals surface area contributed by atoms with Crippen molar-refractivity contribution in [3.8, 4) is 0 Å². The highest BCUT2D eigenvalue weighted by molar-refractivity contribution is 4.93. The summed E-state index contributed by atoms with van der Waals surface area (Å²) in [6.45, 7) is 9.45. The summed E-state index contributed by atoms with van der Waals surface area (Å²) < 4.78 is 2.75. The van der Waals surface area contributed by atoms with Gasteiger partial charge in [0.2, 0.25) is 0 Å². The molecule has 2 heteroatoms. The first-order chi connectivity index (χ1) is 22.7. The van der Waals surface area contributed by atoms with Crippen LogP contribution in [0.1, 0.15) is 264 Å². The molecule has 0 aromatic carbocycles. The van der Waals surface area contributed by atoms with E-state index >= 15 is 0 Å². The number of nitrogens with zero attached hydrogens (tertiary/aromatic N) is 1. The first kappa shape index (κ1) is 43.2. The van der Waals surface area contributed by atoms with Gasteiger partial charge in [0.15, 0.2) is 0 Å². The zero-order valence-corrected chi connectivity index (χ0v) is 32.6. The number of unbranched alkanes of at least 4 members (excludes halogenated alkanes) is 30. The lowest BCUT2D eigenvalue weighted by Gasteiger charge is -2.14. The molecule has 272 valence electrons. The number of aromatic amines is 1. The van der Waals surface area contributed by atoms with Gasteiger partial charge in [-0.1, -0.05) is 213 Å². The smallest absolute Gasteiger partial charge is 0.247 e. The van der Waals surface area contributed by atoms with Crippen LogP contribution in [0.4, 0.5) is 0 Å². The van der Waals surface area contributed by atoms with Gasteiger partial charge in [-0.15, -0.1) is 0 Å². The molecule has 0 saturated heterocycles. The number of hydrogen-bond acceptors (Lipinski definition) is 0. The summed E-state index contributed by atoms with van der Waals surface area (Å²) in [5.41, 5.74) is 1.58. The Morgan fingerprint density at radius 3 is 1.09 bits per heavy atom. The van der Waals surface area contributed by atoms with Gasteiger partial charge >= 0.3 is 0 Å². The summed E-state index contributed by atoms with van der Waals surface area (Å²) in [6.07, 6.45) is 53.5. The van der Waals surface area contributed by atoms with Gasteiger partial charge in [0.25, 0.3) is 5.82 Å². The van der Waals surface area contributed by atoms with Crippen molar-refractivity contribution in [1.82, 2.24) is 4.98 Å². The third-order valence-corrected chi connectivity index (χ3v) is 10.7. The third kappa shape index (κ3) is 25.3. The fourth-order valence-electron chi connectivity index (χ4n) is 7.57. The van der Waals surface area contributed by atoms with Crippen LogP contribution in [-0.4, -0.2) is 4.98 Å². The Balaban J connectivity index is 2.25. The molecular formula is C44H87N2+. The number of imidazole rings is 1. The molecule has 2 nitrogen and oxygen atoms in total. The van der Waals surface area contributed by atoms with E-state index in [4.69, 9.17) is 0 Å². The minimum atomic E-state index is 0.635. The van der Waals surface area contributed by atoms with Crippen LogP contribution in [0.2, 0.25) is 0 Å². The van der Waals surface area contributed by atoms with Crippen molar-refractivity contribution < 1.29 is 4.57 Å². The highest BCUT2D eigenvalue weighted by Gasteiger charge is 2.22. The van der Waals surface area contributed by atoms with Crippen molar-refractivity contribution in [2.45, 2.75) is 265 Å². The molecule has 0 amide bonds. The van der Waals surface area contributed by atoms with Crippen LogP contribution in [0.25, 0.3) is 0 Å². The summed E-state index contributed by atoms with van der Waals surface area (Å²) >= 11 is 0. The average molecular weight is 644 g/mol. The second kappa shape index (κ2) is 34.1. The minimum Gasteiger partial charge on any atom is -0.247 e. The van der Waals surface area contributed by atoms with Crippen LogP contribution >= 0.6 is 0 Å². The summed E-state index contributed by atoms with van der Waals surface area (Å²) in [4.78, 5) is 3.77. The second-order valence-corrected chi connectivity index (χ2v) is 15.3. The van der Waals surface area contributed by atoms with Crippen LogP contribution in [0, 0.1) is 0 Å². The van der Waals surface area contributed by atoms with E-state index in [0.717, 1.165) is 0 Å². The summed E-state index contributed by atoms with van der Waals surface area (Å²) in [5.74, 6) is 1.51. The standard InChI is InChI=1S/C44H86N2/c1-5-8-11-14-16-18-20-22-23-24-25-27-29-31-34-37-40-44-45-41-43(39-36-32-13-10-7-3)46(44)42(4)38-35-33-30-28-26-21-19-17-15-12-9-6-2/h41-42H,5-40H2,1-4H3/p+1. The van der Waals surface area contributed by atoms with Gasteiger partial charge in [-0.05, 0) is 32.6 Å². The molecule has 1 aromatic rings. The van der Waals surface area contributed by atoms with Gasteiger partial charge in [-0.2, -0.15) is 0 Å². The predicted molar refractivity (Wildman–Crippen MR) is 207 cm³/mol. The molecule has 1 N–H and O–H groups in total. The molecule has 1 aromatic heterocycles. The maximum atomic E-state index is 3.77. The lowest BCUT2D eigenvalue weighted by molar-refractivity contribution is -0.732. The van der Waals surface area contributed by atoms with Gasteiger partial charge in [0, 0.05) is 12.8 Å². The Kier molecular flexibility index (Phi) is 32.0. The molecule has 0 spiro atoms. The highest BCUT2D eigenvalue weighted by atomic mass is 15.1. The summed E-state index contributed by atoms with van der Waals surface area (Å²) in [6, 6.07) is 0.635. The lowest BCUT2D eigenvalue weighted by atomic mass is 10.0. The first-order valence-corrected chi connectivity index (χ1v) is 21.8. The molecule has 1 heterocycles. The highest BCUT2D eigenvalue weighted by Crippen LogP contribution is 2.18. The molecule has 1 unspecified atom stereocenters. The van der Waals surface area contributed by atoms with E-state index in [1.165, 1.54) is 237 Å². The maximum Gasteiger partial charge on any atom is 0.254 e. The van der Waals surface area contributed by atoms with Crippen molar-refractivity contribution in [3.05, 3.63) is 17.7 Å². The molecule has 46 heavy (non-hydrogen) atoms. The van der Waals surface area contributed by atoms with E-state index in [-0.39, 0.29) is 0 Å². The zero-order valence-electron chi connectivity index (χ0n) is 32.6. The normalized spacial score (nSPS) is 12.3. The molecule has 0 aliphatic carbocycles. The average Bonchev–Trinajstić information content (AvgIpc) is 3.47. The Morgan fingerprint density at radius 1 is 0.413 bits per heavy atom. The Morgan fingerprint density at radius 2 is 0.717 bits per heavy atom. The van der Waals surface area contributed by atoms with Crippen molar-refractivity contribution in [2.75, 3.05) is 0 Å². The van der Waals surface area contributed by atoms with E-state index in [1.807, 2.05) is 0 Å².